The van der Waals surface area contributed by atoms with E-state index in [0.29, 0.717) is 0 Å². The first-order chi connectivity index (χ1) is 8.70. The molecule has 2 rings (SSSR count). The molecule has 94 valence electrons. The Morgan fingerprint density at radius 1 is 1.28 bits per heavy atom. The first-order valence-electron chi connectivity index (χ1n) is 5.26. The van der Waals surface area contributed by atoms with E-state index in [2.05, 4.69) is 31.2 Å². The van der Waals surface area contributed by atoms with Crippen LogP contribution in [0.2, 0.25) is 5.02 Å². The molecule has 0 amide bonds. The minimum absolute atomic E-state index is 0.754. The number of benzene rings is 1. The van der Waals surface area contributed by atoms with Crippen LogP contribution in [-0.4, -0.2) is 17.0 Å². The van der Waals surface area contributed by atoms with Crippen molar-refractivity contribution in [2.45, 2.75) is 10.8 Å². The molecular formula is C12H11BrClN3S. The first kappa shape index (κ1) is 13.6. The van der Waals surface area contributed by atoms with Gasteiger partial charge in [-0.25, -0.2) is 9.97 Å². The van der Waals surface area contributed by atoms with E-state index in [1.807, 2.05) is 31.3 Å². The Kier molecular flexibility index (Phi) is 4.86. The summed E-state index contributed by atoms with van der Waals surface area (Å²) in [6.07, 6.45) is 1.56. The fourth-order valence-corrected chi connectivity index (χ4v) is 3.07. The molecule has 0 aliphatic heterocycles. The van der Waals surface area contributed by atoms with E-state index in [9.17, 15) is 0 Å². The van der Waals surface area contributed by atoms with Crippen molar-refractivity contribution >= 4 is 45.1 Å². The summed E-state index contributed by atoms with van der Waals surface area (Å²) < 4.78 is 0.895. The molecule has 1 aromatic heterocycles. The van der Waals surface area contributed by atoms with E-state index < -0.39 is 0 Å². The Bertz CT molecular complexity index is 533. The molecule has 0 bridgehead atoms. The Labute approximate surface area is 124 Å². The molecule has 0 aliphatic carbocycles. The van der Waals surface area contributed by atoms with E-state index in [1.54, 1.807) is 18.1 Å². The van der Waals surface area contributed by atoms with E-state index in [-0.39, 0.29) is 0 Å². The normalized spacial score (nSPS) is 10.4. The van der Waals surface area contributed by atoms with Crippen molar-refractivity contribution in [3.05, 3.63) is 45.7 Å². The predicted octanol–water partition coefficient (Wildman–Crippen LogP) is 4.23. The summed E-state index contributed by atoms with van der Waals surface area (Å²) in [6.45, 7) is 0. The molecule has 1 aromatic carbocycles. The zero-order chi connectivity index (χ0) is 13.0. The van der Waals surface area contributed by atoms with Crippen molar-refractivity contribution in [3.63, 3.8) is 0 Å². The number of hydrogen-bond acceptors (Lipinski definition) is 4. The average Bonchev–Trinajstić information content (AvgIpc) is 2.39. The Morgan fingerprint density at radius 3 is 2.67 bits per heavy atom. The van der Waals surface area contributed by atoms with Crippen LogP contribution < -0.4 is 5.32 Å². The maximum absolute atomic E-state index is 5.85. The second-order valence-corrected chi connectivity index (χ2v) is 5.70. The van der Waals surface area contributed by atoms with E-state index >= 15 is 0 Å². The molecule has 0 fully saturated rings. The molecule has 1 heterocycles. The van der Waals surface area contributed by atoms with Gasteiger partial charge in [0.25, 0.3) is 0 Å². The largest absolute Gasteiger partial charge is 0.372 e. The van der Waals surface area contributed by atoms with Gasteiger partial charge in [0.1, 0.15) is 17.2 Å². The topological polar surface area (TPSA) is 37.8 Å². The van der Waals surface area contributed by atoms with Gasteiger partial charge in [0.2, 0.25) is 0 Å². The van der Waals surface area contributed by atoms with Gasteiger partial charge in [-0.15, -0.1) is 11.8 Å². The summed E-state index contributed by atoms with van der Waals surface area (Å²) >= 11 is 11.0. The predicted molar refractivity (Wildman–Crippen MR) is 80.3 cm³/mol. The average molecular weight is 345 g/mol. The van der Waals surface area contributed by atoms with Gasteiger partial charge in [-0.05, 0) is 33.6 Å². The minimum atomic E-state index is 0.754. The summed E-state index contributed by atoms with van der Waals surface area (Å²) in [6, 6.07) is 7.82. The molecule has 0 unspecified atom stereocenters. The quantitative estimate of drug-likeness (QED) is 0.665. The Morgan fingerprint density at radius 2 is 2.00 bits per heavy atom. The number of nitrogens with zero attached hydrogens (tertiary/aromatic N) is 2. The van der Waals surface area contributed by atoms with Crippen LogP contribution in [-0.2, 0) is 5.75 Å². The van der Waals surface area contributed by atoms with Gasteiger partial charge < -0.3 is 5.32 Å². The number of nitrogens with one attached hydrogen (secondary N) is 1. The number of thioether (sulfide) groups is 1. The van der Waals surface area contributed by atoms with Crippen LogP contribution in [0.3, 0.4) is 0 Å². The maximum Gasteiger partial charge on any atom is 0.144 e. The van der Waals surface area contributed by atoms with Crippen molar-refractivity contribution in [3.8, 4) is 0 Å². The molecule has 0 aliphatic rings. The van der Waals surface area contributed by atoms with E-state index in [1.165, 1.54) is 5.56 Å². The second kappa shape index (κ2) is 6.41. The number of anilines is 1. The van der Waals surface area contributed by atoms with Crippen molar-refractivity contribution in [1.82, 2.24) is 9.97 Å². The molecule has 0 saturated heterocycles. The minimum Gasteiger partial charge on any atom is -0.372 e. The van der Waals surface area contributed by atoms with Crippen LogP contribution in [0.15, 0.2) is 40.1 Å². The third kappa shape index (κ3) is 3.37. The molecule has 0 saturated carbocycles. The summed E-state index contributed by atoms with van der Waals surface area (Å²) in [5, 5.41) is 4.69. The zero-order valence-corrected chi connectivity index (χ0v) is 12.8. The van der Waals surface area contributed by atoms with E-state index in [0.717, 1.165) is 26.1 Å². The van der Waals surface area contributed by atoms with E-state index in [4.69, 9.17) is 11.6 Å². The van der Waals surface area contributed by atoms with Crippen LogP contribution in [0.1, 0.15) is 5.56 Å². The molecule has 3 nitrogen and oxygen atoms in total. The number of hydrogen-bond donors (Lipinski definition) is 1. The Hall–Kier alpha value is -0.780. The first-order valence-corrected chi connectivity index (χ1v) is 7.42. The van der Waals surface area contributed by atoms with Gasteiger partial charge in [-0.1, -0.05) is 23.7 Å². The molecule has 2 aromatic rings. The smallest absolute Gasteiger partial charge is 0.144 e. The summed E-state index contributed by atoms with van der Waals surface area (Å²) in [5.74, 6) is 1.64. The van der Waals surface area contributed by atoms with Gasteiger partial charge in [-0.2, -0.15) is 0 Å². The highest BCUT2D eigenvalue weighted by Gasteiger charge is 2.08. The number of aromatic nitrogens is 2. The van der Waals surface area contributed by atoms with Crippen LogP contribution in [0.4, 0.5) is 5.82 Å². The lowest BCUT2D eigenvalue weighted by molar-refractivity contribution is 1.02. The molecule has 6 heteroatoms. The number of rotatable bonds is 4. The third-order valence-corrected chi connectivity index (χ3v) is 4.61. The van der Waals surface area contributed by atoms with Crippen molar-refractivity contribution in [2.24, 2.45) is 0 Å². The van der Waals surface area contributed by atoms with Crippen molar-refractivity contribution in [2.75, 3.05) is 12.4 Å². The Balaban J connectivity index is 2.08. The zero-order valence-electron chi connectivity index (χ0n) is 9.65. The molecule has 1 N–H and O–H groups in total. The van der Waals surface area contributed by atoms with Gasteiger partial charge >= 0.3 is 0 Å². The highest BCUT2D eigenvalue weighted by molar-refractivity contribution is 9.10. The second-order valence-electron chi connectivity index (χ2n) is 3.51. The lowest BCUT2D eigenvalue weighted by Crippen LogP contribution is -1.96. The molecular weight excluding hydrogens is 334 g/mol. The molecule has 0 atom stereocenters. The fourth-order valence-electron chi connectivity index (χ4n) is 1.36. The summed E-state index contributed by atoms with van der Waals surface area (Å²) in [4.78, 5) is 8.38. The van der Waals surface area contributed by atoms with Crippen LogP contribution in [0.25, 0.3) is 0 Å². The lowest BCUT2D eigenvalue weighted by atomic mass is 10.2. The monoisotopic (exact) mass is 343 g/mol. The van der Waals surface area contributed by atoms with Gasteiger partial charge in [0, 0.05) is 17.8 Å². The highest BCUT2D eigenvalue weighted by atomic mass is 79.9. The number of halogens is 2. The molecule has 0 radical (unpaired) electrons. The van der Waals surface area contributed by atoms with Gasteiger partial charge in [0.15, 0.2) is 0 Å². The van der Waals surface area contributed by atoms with Crippen LogP contribution >= 0.6 is 39.3 Å². The third-order valence-electron chi connectivity index (χ3n) is 2.28. The summed E-state index contributed by atoms with van der Waals surface area (Å²) in [7, 11) is 1.83. The maximum atomic E-state index is 5.85. The highest BCUT2D eigenvalue weighted by Crippen LogP contribution is 2.31. The van der Waals surface area contributed by atoms with Crippen LogP contribution in [0.5, 0.6) is 0 Å². The molecule has 0 spiro atoms. The van der Waals surface area contributed by atoms with Gasteiger partial charge in [-0.3, -0.25) is 0 Å². The van der Waals surface area contributed by atoms with Crippen molar-refractivity contribution < 1.29 is 0 Å². The lowest BCUT2D eigenvalue weighted by Gasteiger charge is -2.07. The molecule has 18 heavy (non-hydrogen) atoms. The van der Waals surface area contributed by atoms with Gasteiger partial charge in [0.05, 0.1) is 4.47 Å². The summed E-state index contributed by atoms with van der Waals surface area (Å²) in [5.41, 5.74) is 1.21. The fraction of sp³-hybridized carbons (Fsp3) is 0.167. The van der Waals surface area contributed by atoms with Crippen LogP contribution in [0, 0.1) is 0 Å². The van der Waals surface area contributed by atoms with Crippen molar-refractivity contribution in [1.29, 1.82) is 0 Å². The SMILES string of the molecule is CNc1ncnc(SCc2ccc(Cl)cc2)c1Br. The standard InChI is InChI=1S/C12H11BrClN3S/c1-15-11-10(13)12(17-7-16-11)18-6-8-2-4-9(14)5-3-8/h2-5,7H,6H2,1H3,(H,15,16,17).